The van der Waals surface area contributed by atoms with Gasteiger partial charge in [-0.25, -0.2) is 4.68 Å². The molecule has 2 aromatic rings. The number of rotatable bonds is 3. The van der Waals surface area contributed by atoms with Crippen LogP contribution in [0.25, 0.3) is 5.69 Å². The van der Waals surface area contributed by atoms with E-state index in [4.69, 9.17) is 0 Å². The van der Waals surface area contributed by atoms with Crippen LogP contribution < -0.4 is 5.32 Å². The number of hydrogen-bond donors (Lipinski definition) is 1. The number of fused-ring (bicyclic) bond motifs is 3. The second-order valence-corrected chi connectivity index (χ2v) is 10.6. The SMILES string of the molecule is O=C1CCC(N2Cc3cc(-n4cc(C(=O)N5C[C@@H]6CCC[C@@H]6C56CC6)nn4)ccc3C2=O)C(=O)N1. The Hall–Kier alpha value is -3.56. The smallest absolute Gasteiger partial charge is 0.276 e. The number of piperidine rings is 1. The first-order valence-corrected chi connectivity index (χ1v) is 12.5. The second-order valence-electron chi connectivity index (χ2n) is 10.6. The highest BCUT2D eigenvalue weighted by Crippen LogP contribution is 2.60. The van der Waals surface area contributed by atoms with Gasteiger partial charge in [0.05, 0.1) is 11.9 Å². The van der Waals surface area contributed by atoms with Crippen LogP contribution in [-0.4, -0.2) is 66.5 Å². The van der Waals surface area contributed by atoms with E-state index in [0.717, 1.165) is 24.9 Å². The largest absolute Gasteiger partial charge is 0.331 e. The number of nitrogens with zero attached hydrogens (tertiary/aromatic N) is 5. The molecule has 1 spiro atoms. The normalized spacial score (nSPS) is 28.5. The molecular formula is C25H26N6O4. The number of imide groups is 1. The van der Waals surface area contributed by atoms with E-state index in [1.807, 2.05) is 6.07 Å². The van der Waals surface area contributed by atoms with Crippen molar-refractivity contribution in [1.29, 1.82) is 0 Å². The molecule has 1 unspecified atom stereocenters. The summed E-state index contributed by atoms with van der Waals surface area (Å²) in [5.74, 6) is 0.273. The average Bonchev–Trinajstić information content (AvgIpc) is 3.18. The molecule has 180 valence electrons. The Morgan fingerprint density at radius 1 is 1.11 bits per heavy atom. The Balaban J connectivity index is 1.11. The van der Waals surface area contributed by atoms with E-state index >= 15 is 0 Å². The van der Waals surface area contributed by atoms with Crippen LogP contribution in [0.2, 0.25) is 0 Å². The highest BCUT2D eigenvalue weighted by molar-refractivity contribution is 6.05. The summed E-state index contributed by atoms with van der Waals surface area (Å²) in [4.78, 5) is 53.7. The minimum Gasteiger partial charge on any atom is -0.331 e. The average molecular weight is 475 g/mol. The van der Waals surface area contributed by atoms with Gasteiger partial charge in [-0.15, -0.1) is 5.10 Å². The van der Waals surface area contributed by atoms with Gasteiger partial charge in [0.25, 0.3) is 11.8 Å². The molecule has 4 fully saturated rings. The molecule has 5 aliphatic rings. The number of nitrogens with one attached hydrogen (secondary N) is 1. The number of hydrogen-bond acceptors (Lipinski definition) is 6. The van der Waals surface area contributed by atoms with Gasteiger partial charge in [-0.05, 0) is 67.7 Å². The van der Waals surface area contributed by atoms with E-state index in [1.54, 1.807) is 23.0 Å². The first kappa shape index (κ1) is 20.8. The lowest BCUT2D eigenvalue weighted by atomic mass is 9.92. The summed E-state index contributed by atoms with van der Waals surface area (Å²) in [5.41, 5.74) is 2.42. The van der Waals surface area contributed by atoms with Crippen LogP contribution in [0, 0.1) is 11.8 Å². The molecule has 1 aromatic carbocycles. The predicted molar refractivity (Wildman–Crippen MR) is 121 cm³/mol. The number of aromatic nitrogens is 3. The summed E-state index contributed by atoms with van der Waals surface area (Å²) in [5, 5.41) is 10.7. The van der Waals surface area contributed by atoms with Crippen LogP contribution in [0.3, 0.4) is 0 Å². The molecule has 2 aliphatic carbocycles. The molecule has 1 aromatic heterocycles. The standard InChI is InChI=1S/C25H26N6O4/c32-21-7-6-20(22(33)26-21)29-11-15-10-16(4-5-17(15)23(29)34)31-13-19(27-28-31)24(35)30-12-14-2-1-3-18(14)25(30)8-9-25/h4-5,10,13-14,18,20H,1-3,6-9,11-12H2,(H,26,32,33)/t14-,18-,20?/m0/s1. The molecular weight excluding hydrogens is 448 g/mol. The zero-order chi connectivity index (χ0) is 23.9. The zero-order valence-corrected chi connectivity index (χ0v) is 19.3. The van der Waals surface area contributed by atoms with E-state index in [1.165, 1.54) is 24.2 Å². The van der Waals surface area contributed by atoms with Crippen molar-refractivity contribution < 1.29 is 19.2 Å². The Bertz CT molecular complexity index is 1300. The van der Waals surface area contributed by atoms with Crippen LogP contribution in [0.1, 0.15) is 71.4 Å². The van der Waals surface area contributed by atoms with Crippen molar-refractivity contribution >= 4 is 23.6 Å². The Morgan fingerprint density at radius 3 is 2.77 bits per heavy atom. The lowest BCUT2D eigenvalue weighted by molar-refractivity contribution is -0.136. The fourth-order valence-electron chi connectivity index (χ4n) is 6.96. The zero-order valence-electron chi connectivity index (χ0n) is 19.3. The molecule has 0 radical (unpaired) electrons. The molecule has 4 heterocycles. The predicted octanol–water partition coefficient (Wildman–Crippen LogP) is 1.43. The third-order valence-corrected chi connectivity index (χ3v) is 8.80. The fourth-order valence-corrected chi connectivity index (χ4v) is 6.96. The molecule has 10 nitrogen and oxygen atoms in total. The van der Waals surface area contributed by atoms with Gasteiger partial charge in [0.2, 0.25) is 11.8 Å². The van der Waals surface area contributed by atoms with Gasteiger partial charge < -0.3 is 9.80 Å². The topological polar surface area (TPSA) is 118 Å². The van der Waals surface area contributed by atoms with Crippen molar-refractivity contribution in [3.63, 3.8) is 0 Å². The molecule has 7 rings (SSSR count). The number of carbonyl (C=O) groups excluding carboxylic acids is 4. The quantitative estimate of drug-likeness (QED) is 0.673. The van der Waals surface area contributed by atoms with Gasteiger partial charge in [0.15, 0.2) is 5.69 Å². The van der Waals surface area contributed by atoms with Crippen molar-refractivity contribution in [2.45, 2.75) is 63.1 Å². The molecule has 0 bridgehead atoms. The first-order chi connectivity index (χ1) is 16.9. The summed E-state index contributed by atoms with van der Waals surface area (Å²) < 4.78 is 1.57. The third-order valence-electron chi connectivity index (χ3n) is 8.80. The van der Waals surface area contributed by atoms with Crippen molar-refractivity contribution in [1.82, 2.24) is 30.1 Å². The first-order valence-electron chi connectivity index (χ1n) is 12.5. The summed E-state index contributed by atoms with van der Waals surface area (Å²) in [7, 11) is 0. The maximum atomic E-state index is 13.4. The van der Waals surface area contributed by atoms with Gasteiger partial charge in [0.1, 0.15) is 6.04 Å². The van der Waals surface area contributed by atoms with Gasteiger partial charge in [-0.2, -0.15) is 0 Å². The molecule has 3 atom stereocenters. The minimum absolute atomic E-state index is 0.0384. The second kappa shape index (κ2) is 7.22. The van der Waals surface area contributed by atoms with Gasteiger partial charge in [0, 0.05) is 30.6 Å². The minimum atomic E-state index is -0.652. The van der Waals surface area contributed by atoms with Gasteiger partial charge in [-0.3, -0.25) is 24.5 Å². The van der Waals surface area contributed by atoms with Crippen LogP contribution in [0.5, 0.6) is 0 Å². The van der Waals surface area contributed by atoms with Crippen molar-refractivity contribution in [2.24, 2.45) is 11.8 Å². The number of benzene rings is 1. The number of amides is 4. The monoisotopic (exact) mass is 474 g/mol. The van der Waals surface area contributed by atoms with Gasteiger partial charge in [-0.1, -0.05) is 11.6 Å². The fraction of sp³-hybridized carbons (Fsp3) is 0.520. The third kappa shape index (κ3) is 3.01. The maximum Gasteiger partial charge on any atom is 0.276 e. The summed E-state index contributed by atoms with van der Waals surface area (Å²) in [6, 6.07) is 4.70. The molecule has 10 heteroatoms. The Morgan fingerprint density at radius 2 is 1.97 bits per heavy atom. The van der Waals surface area contributed by atoms with Crippen molar-refractivity contribution in [3.05, 3.63) is 41.2 Å². The summed E-state index contributed by atoms with van der Waals surface area (Å²) in [6.45, 7) is 1.11. The van der Waals surface area contributed by atoms with Crippen LogP contribution >= 0.6 is 0 Å². The van der Waals surface area contributed by atoms with E-state index in [9.17, 15) is 19.2 Å². The Kier molecular flexibility index (Phi) is 4.29. The molecule has 35 heavy (non-hydrogen) atoms. The highest BCUT2D eigenvalue weighted by atomic mass is 16.2. The van der Waals surface area contributed by atoms with Crippen molar-refractivity contribution in [3.8, 4) is 5.69 Å². The number of carbonyl (C=O) groups is 4. The lowest BCUT2D eigenvalue weighted by Gasteiger charge is -2.29. The summed E-state index contributed by atoms with van der Waals surface area (Å²) in [6.07, 6.45) is 8.12. The van der Waals surface area contributed by atoms with Gasteiger partial charge >= 0.3 is 0 Å². The van der Waals surface area contributed by atoms with E-state index in [0.29, 0.717) is 35.2 Å². The molecule has 4 amide bonds. The van der Waals surface area contributed by atoms with E-state index < -0.39 is 11.9 Å². The summed E-state index contributed by atoms with van der Waals surface area (Å²) >= 11 is 0. The van der Waals surface area contributed by atoms with E-state index in [2.05, 4.69) is 20.5 Å². The lowest BCUT2D eigenvalue weighted by Crippen LogP contribution is -2.52. The Labute approximate surface area is 201 Å². The number of likely N-dealkylation sites (tertiary alicyclic amines) is 1. The maximum absolute atomic E-state index is 13.4. The molecule has 2 saturated carbocycles. The molecule has 2 saturated heterocycles. The molecule has 3 aliphatic heterocycles. The molecule has 1 N–H and O–H groups in total. The van der Waals surface area contributed by atoms with Crippen LogP contribution in [0.4, 0.5) is 0 Å². The van der Waals surface area contributed by atoms with Crippen molar-refractivity contribution in [2.75, 3.05) is 6.54 Å². The van der Waals surface area contributed by atoms with Crippen LogP contribution in [-0.2, 0) is 16.1 Å². The van der Waals surface area contributed by atoms with Crippen LogP contribution in [0.15, 0.2) is 24.4 Å². The van der Waals surface area contributed by atoms with E-state index in [-0.39, 0.29) is 36.2 Å². The highest BCUT2D eigenvalue weighted by Gasteiger charge is 2.63.